The molecule has 0 heterocycles. The average Bonchev–Trinajstić information content (AvgIpc) is 2.39. The molecule has 1 fully saturated rings. The molecule has 1 aromatic rings. The number of nitrogens with two attached hydrogens (primary N) is 1. The van der Waals surface area contributed by atoms with E-state index in [1.807, 2.05) is 0 Å². The summed E-state index contributed by atoms with van der Waals surface area (Å²) in [6, 6.07) is 4.45. The van der Waals surface area contributed by atoms with Crippen LogP contribution in [-0.2, 0) is 11.3 Å². The van der Waals surface area contributed by atoms with E-state index in [9.17, 15) is 4.39 Å². The van der Waals surface area contributed by atoms with Crippen molar-refractivity contribution < 1.29 is 9.13 Å². The Hall–Kier alpha value is -1.00. The lowest BCUT2D eigenvalue weighted by Crippen LogP contribution is -2.16. The Morgan fingerprint density at radius 2 is 2.05 bits per heavy atom. The van der Waals surface area contributed by atoms with Gasteiger partial charge < -0.3 is 10.5 Å². The molecule has 1 aliphatic carbocycles. The molecule has 0 bridgehead atoms. The average molecular weight is 281 g/mol. The fourth-order valence-corrected chi connectivity index (χ4v) is 2.81. The molecule has 1 aromatic carbocycles. The van der Waals surface area contributed by atoms with Crippen LogP contribution in [0.1, 0.15) is 43.2 Å². The summed E-state index contributed by atoms with van der Waals surface area (Å²) in [5.41, 5.74) is 7.08. The predicted octanol–water partition coefficient (Wildman–Crippen LogP) is 3.56. The van der Waals surface area contributed by atoms with Gasteiger partial charge in [-0.25, -0.2) is 4.39 Å². The fraction of sp³-hybridized carbons (Fsp3) is 0.533. The van der Waals surface area contributed by atoms with E-state index >= 15 is 0 Å². The molecule has 0 saturated heterocycles. The van der Waals surface area contributed by atoms with Gasteiger partial charge in [0.25, 0.3) is 0 Å². The van der Waals surface area contributed by atoms with Crippen LogP contribution in [0.25, 0.3) is 0 Å². The Balaban J connectivity index is 1.91. The molecule has 104 valence electrons. The van der Waals surface area contributed by atoms with Crippen molar-refractivity contribution in [3.8, 4) is 0 Å². The fourth-order valence-electron chi connectivity index (χ4n) is 2.61. The van der Waals surface area contributed by atoms with Crippen molar-refractivity contribution in [3.63, 3.8) is 0 Å². The lowest BCUT2D eigenvalue weighted by molar-refractivity contribution is 0.0737. The van der Waals surface area contributed by atoms with Gasteiger partial charge in [0.15, 0.2) is 0 Å². The largest absolute Gasteiger partial charge is 0.389 e. The third kappa shape index (κ3) is 4.25. The second-order valence-electron chi connectivity index (χ2n) is 5.18. The van der Waals surface area contributed by atoms with Crippen LogP contribution in [0.2, 0.25) is 0 Å². The van der Waals surface area contributed by atoms with Crippen LogP contribution in [0.15, 0.2) is 18.2 Å². The molecule has 0 aliphatic heterocycles. The summed E-state index contributed by atoms with van der Waals surface area (Å²) in [7, 11) is 0. The first-order valence-corrected chi connectivity index (χ1v) is 7.23. The molecule has 19 heavy (non-hydrogen) atoms. The van der Waals surface area contributed by atoms with E-state index in [4.69, 9.17) is 22.7 Å². The van der Waals surface area contributed by atoms with Gasteiger partial charge in [-0.1, -0.05) is 31.5 Å². The minimum atomic E-state index is -0.281. The van der Waals surface area contributed by atoms with Crippen molar-refractivity contribution in [2.45, 2.75) is 38.7 Å². The third-order valence-corrected chi connectivity index (χ3v) is 3.89. The highest BCUT2D eigenvalue weighted by Crippen LogP contribution is 2.24. The Morgan fingerprint density at radius 3 is 2.74 bits per heavy atom. The Morgan fingerprint density at radius 1 is 1.32 bits per heavy atom. The van der Waals surface area contributed by atoms with Gasteiger partial charge in [-0.15, -0.1) is 0 Å². The van der Waals surface area contributed by atoms with Gasteiger partial charge in [-0.3, -0.25) is 0 Å². The lowest BCUT2D eigenvalue weighted by atomic mass is 9.90. The zero-order chi connectivity index (χ0) is 13.7. The minimum absolute atomic E-state index is 0.281. The van der Waals surface area contributed by atoms with E-state index < -0.39 is 0 Å². The van der Waals surface area contributed by atoms with Crippen molar-refractivity contribution >= 4 is 17.2 Å². The van der Waals surface area contributed by atoms with Crippen LogP contribution in [0.3, 0.4) is 0 Å². The maximum Gasteiger partial charge on any atom is 0.123 e. The molecular formula is C15H20FNOS. The Labute approximate surface area is 119 Å². The number of hydrogen-bond donors (Lipinski definition) is 1. The number of ether oxygens (including phenoxy) is 1. The number of thiocarbonyl (C=S) groups is 1. The normalized spacial score (nSPS) is 16.5. The molecule has 0 radical (unpaired) electrons. The van der Waals surface area contributed by atoms with Gasteiger partial charge in [0.1, 0.15) is 10.8 Å². The lowest BCUT2D eigenvalue weighted by Gasteiger charge is -2.21. The highest BCUT2D eigenvalue weighted by Gasteiger charge is 2.14. The summed E-state index contributed by atoms with van der Waals surface area (Å²) < 4.78 is 19.0. The molecule has 2 N–H and O–H groups in total. The van der Waals surface area contributed by atoms with E-state index in [0.29, 0.717) is 18.1 Å². The topological polar surface area (TPSA) is 35.2 Å². The zero-order valence-electron chi connectivity index (χ0n) is 11.0. The SMILES string of the molecule is NC(=S)c1ccc(F)cc1COCC1CCCCC1. The van der Waals surface area contributed by atoms with Crippen molar-refractivity contribution in [1.82, 2.24) is 0 Å². The quantitative estimate of drug-likeness (QED) is 0.838. The molecule has 0 aromatic heterocycles. The minimum Gasteiger partial charge on any atom is -0.389 e. The summed E-state index contributed by atoms with van der Waals surface area (Å²) in [5.74, 6) is 0.367. The second-order valence-corrected chi connectivity index (χ2v) is 5.62. The standard InChI is InChI=1S/C15H20FNOS/c16-13-6-7-14(15(17)19)12(8-13)10-18-9-11-4-2-1-3-5-11/h6-8,11H,1-5,9-10H2,(H2,17,19). The Bertz CT molecular complexity index is 444. The van der Waals surface area contributed by atoms with E-state index in [-0.39, 0.29) is 10.8 Å². The first-order valence-electron chi connectivity index (χ1n) is 6.83. The highest BCUT2D eigenvalue weighted by molar-refractivity contribution is 7.80. The number of halogens is 1. The summed E-state index contributed by atoms with van der Waals surface area (Å²) >= 11 is 4.97. The van der Waals surface area contributed by atoms with Crippen LogP contribution in [0, 0.1) is 11.7 Å². The highest BCUT2D eigenvalue weighted by atomic mass is 32.1. The smallest absolute Gasteiger partial charge is 0.123 e. The first kappa shape index (κ1) is 14.4. The van der Waals surface area contributed by atoms with Crippen molar-refractivity contribution in [3.05, 3.63) is 35.1 Å². The molecular weight excluding hydrogens is 261 g/mol. The number of rotatable bonds is 5. The maximum absolute atomic E-state index is 13.3. The molecule has 2 rings (SSSR count). The van der Waals surface area contributed by atoms with Crippen LogP contribution in [-0.4, -0.2) is 11.6 Å². The van der Waals surface area contributed by atoms with Gasteiger partial charge >= 0.3 is 0 Å². The molecule has 0 spiro atoms. The van der Waals surface area contributed by atoms with E-state index in [2.05, 4.69) is 0 Å². The van der Waals surface area contributed by atoms with Crippen LogP contribution >= 0.6 is 12.2 Å². The van der Waals surface area contributed by atoms with Crippen molar-refractivity contribution in [2.75, 3.05) is 6.61 Å². The molecule has 2 nitrogen and oxygen atoms in total. The van der Waals surface area contributed by atoms with Gasteiger partial charge in [0, 0.05) is 12.2 Å². The monoisotopic (exact) mass is 281 g/mol. The van der Waals surface area contributed by atoms with Crippen molar-refractivity contribution in [2.24, 2.45) is 11.7 Å². The second kappa shape index (κ2) is 6.96. The number of benzene rings is 1. The molecule has 1 saturated carbocycles. The van der Waals surface area contributed by atoms with Crippen LogP contribution in [0.4, 0.5) is 4.39 Å². The van der Waals surface area contributed by atoms with E-state index in [1.54, 1.807) is 6.07 Å². The van der Waals surface area contributed by atoms with Crippen LogP contribution in [0.5, 0.6) is 0 Å². The molecule has 0 unspecified atom stereocenters. The van der Waals surface area contributed by atoms with Gasteiger partial charge in [0.2, 0.25) is 0 Å². The van der Waals surface area contributed by atoms with Crippen LogP contribution < -0.4 is 5.73 Å². The van der Waals surface area contributed by atoms with Gasteiger partial charge in [-0.05, 0) is 42.5 Å². The van der Waals surface area contributed by atoms with E-state index in [1.165, 1.54) is 44.2 Å². The summed E-state index contributed by atoms with van der Waals surface area (Å²) in [6.45, 7) is 1.12. The van der Waals surface area contributed by atoms with Crippen molar-refractivity contribution in [1.29, 1.82) is 0 Å². The summed E-state index contributed by atoms with van der Waals surface area (Å²) in [6.07, 6.45) is 6.42. The first-order chi connectivity index (χ1) is 9.16. The number of hydrogen-bond acceptors (Lipinski definition) is 2. The molecule has 0 atom stereocenters. The molecule has 0 amide bonds. The zero-order valence-corrected chi connectivity index (χ0v) is 11.8. The predicted molar refractivity (Wildman–Crippen MR) is 78.5 cm³/mol. The molecule has 1 aliphatic rings. The summed E-state index contributed by atoms with van der Waals surface area (Å²) in [5, 5.41) is 0. The van der Waals surface area contributed by atoms with Gasteiger partial charge in [0.05, 0.1) is 6.61 Å². The third-order valence-electron chi connectivity index (χ3n) is 3.67. The maximum atomic E-state index is 13.3. The van der Waals surface area contributed by atoms with E-state index in [0.717, 1.165) is 12.2 Å². The van der Waals surface area contributed by atoms with Gasteiger partial charge in [-0.2, -0.15) is 0 Å². The molecule has 4 heteroatoms. The Kier molecular flexibility index (Phi) is 5.28. The summed E-state index contributed by atoms with van der Waals surface area (Å²) in [4.78, 5) is 0.288.